The number of aromatic hydroxyl groups is 1. The van der Waals surface area contributed by atoms with Crippen molar-refractivity contribution in [2.75, 3.05) is 13.1 Å². The zero-order valence-electron chi connectivity index (χ0n) is 13.7. The highest BCUT2D eigenvalue weighted by Gasteiger charge is 2.27. The molecule has 0 spiro atoms. The first-order valence-corrected chi connectivity index (χ1v) is 8.69. The molecule has 0 aliphatic carbocycles. The van der Waals surface area contributed by atoms with Gasteiger partial charge in [0.1, 0.15) is 5.75 Å². The van der Waals surface area contributed by atoms with Gasteiger partial charge in [0, 0.05) is 18.0 Å². The van der Waals surface area contributed by atoms with Crippen LogP contribution in [-0.2, 0) is 0 Å². The number of fused-ring (bicyclic) bond motifs is 1. The second-order valence-corrected chi connectivity index (χ2v) is 6.50. The minimum atomic E-state index is 0.0689. The third kappa shape index (κ3) is 2.76. The fraction of sp³-hybridized carbons (Fsp3) is 0.286. The Bertz CT molecular complexity index is 826. The summed E-state index contributed by atoms with van der Waals surface area (Å²) < 4.78 is 0. The number of nitrogens with zero attached hydrogens (tertiary/aromatic N) is 2. The first-order valence-electron chi connectivity index (χ1n) is 8.69. The third-order valence-electron chi connectivity index (χ3n) is 5.00. The molecule has 122 valence electrons. The smallest absolute Gasteiger partial charge is 0.121 e. The van der Waals surface area contributed by atoms with E-state index in [1.807, 2.05) is 36.7 Å². The molecular weight excluding hydrogens is 296 g/mol. The van der Waals surface area contributed by atoms with Crippen molar-refractivity contribution in [1.29, 1.82) is 0 Å². The molecule has 0 amide bonds. The Morgan fingerprint density at radius 3 is 2.42 bits per heavy atom. The van der Waals surface area contributed by atoms with Gasteiger partial charge in [-0.3, -0.25) is 9.88 Å². The van der Waals surface area contributed by atoms with Crippen LogP contribution in [0.2, 0.25) is 0 Å². The molecule has 1 fully saturated rings. The molecule has 1 atom stereocenters. The Morgan fingerprint density at radius 2 is 1.62 bits per heavy atom. The van der Waals surface area contributed by atoms with Crippen LogP contribution in [0.5, 0.6) is 5.75 Å². The topological polar surface area (TPSA) is 36.4 Å². The van der Waals surface area contributed by atoms with Gasteiger partial charge in [-0.05, 0) is 60.5 Å². The van der Waals surface area contributed by atoms with Crippen LogP contribution in [0, 0.1) is 0 Å². The molecule has 4 rings (SSSR count). The Kier molecular flexibility index (Phi) is 4.18. The highest BCUT2D eigenvalue weighted by atomic mass is 16.3. The maximum Gasteiger partial charge on any atom is 0.121 e. The van der Waals surface area contributed by atoms with Crippen molar-refractivity contribution in [3.63, 3.8) is 0 Å². The zero-order chi connectivity index (χ0) is 16.4. The average molecular weight is 318 g/mol. The Labute approximate surface area is 142 Å². The monoisotopic (exact) mass is 318 g/mol. The highest BCUT2D eigenvalue weighted by molar-refractivity contribution is 5.88. The quantitative estimate of drug-likeness (QED) is 0.771. The number of rotatable bonds is 3. The van der Waals surface area contributed by atoms with E-state index in [1.165, 1.54) is 30.2 Å². The lowest BCUT2D eigenvalue weighted by atomic mass is 9.91. The van der Waals surface area contributed by atoms with E-state index < -0.39 is 0 Å². The lowest BCUT2D eigenvalue weighted by Crippen LogP contribution is -2.34. The van der Waals surface area contributed by atoms with E-state index in [1.54, 1.807) is 0 Å². The van der Waals surface area contributed by atoms with Gasteiger partial charge in [0.2, 0.25) is 0 Å². The SMILES string of the molecule is Oc1ccc2ccccc2c1C(c1ccncc1)N1CCCCC1. The molecule has 1 N–H and O–H groups in total. The van der Waals surface area contributed by atoms with Gasteiger partial charge < -0.3 is 5.11 Å². The molecule has 1 unspecified atom stereocenters. The van der Waals surface area contributed by atoms with Crippen LogP contribution < -0.4 is 0 Å². The van der Waals surface area contributed by atoms with Crippen LogP contribution in [-0.4, -0.2) is 28.1 Å². The summed E-state index contributed by atoms with van der Waals surface area (Å²) in [7, 11) is 0. The van der Waals surface area contributed by atoms with Crippen LogP contribution in [0.15, 0.2) is 60.9 Å². The predicted molar refractivity (Wildman–Crippen MR) is 97.1 cm³/mol. The van der Waals surface area contributed by atoms with E-state index in [0.29, 0.717) is 5.75 Å². The maximum atomic E-state index is 10.7. The van der Waals surface area contributed by atoms with Crippen molar-refractivity contribution in [2.45, 2.75) is 25.3 Å². The molecule has 0 saturated carbocycles. The van der Waals surface area contributed by atoms with Gasteiger partial charge >= 0.3 is 0 Å². The van der Waals surface area contributed by atoms with Crippen molar-refractivity contribution in [2.24, 2.45) is 0 Å². The number of phenols is 1. The van der Waals surface area contributed by atoms with Crippen molar-refractivity contribution in [3.05, 3.63) is 72.1 Å². The molecule has 3 aromatic rings. The summed E-state index contributed by atoms with van der Waals surface area (Å²) in [5, 5.41) is 13.0. The van der Waals surface area contributed by atoms with Gasteiger partial charge in [0.25, 0.3) is 0 Å². The second kappa shape index (κ2) is 6.62. The summed E-state index contributed by atoms with van der Waals surface area (Å²) in [5.41, 5.74) is 2.21. The van der Waals surface area contributed by atoms with Crippen molar-refractivity contribution < 1.29 is 5.11 Å². The number of benzene rings is 2. The van der Waals surface area contributed by atoms with Crippen LogP contribution in [0.3, 0.4) is 0 Å². The molecule has 0 radical (unpaired) electrons. The number of aromatic nitrogens is 1. The summed E-state index contributed by atoms with van der Waals surface area (Å²) in [6, 6.07) is 16.3. The number of hydrogen-bond donors (Lipinski definition) is 1. The molecular formula is C21H22N2O. The van der Waals surface area contributed by atoms with Gasteiger partial charge in [-0.25, -0.2) is 0 Å². The standard InChI is InChI=1S/C21H22N2O/c24-19-9-8-16-6-2-3-7-18(16)20(19)21(17-10-12-22-13-11-17)23-14-4-1-5-15-23/h2-3,6-13,21,24H,1,4-5,14-15H2. The van der Waals surface area contributed by atoms with Gasteiger partial charge in [-0.2, -0.15) is 0 Å². The Hall–Kier alpha value is -2.39. The van der Waals surface area contributed by atoms with Gasteiger partial charge in [-0.1, -0.05) is 36.8 Å². The predicted octanol–water partition coefficient (Wildman–Crippen LogP) is 4.52. The first-order chi connectivity index (χ1) is 11.8. The maximum absolute atomic E-state index is 10.7. The molecule has 1 aromatic heterocycles. The van der Waals surface area contributed by atoms with E-state index in [2.05, 4.69) is 34.1 Å². The largest absolute Gasteiger partial charge is 0.508 e. The molecule has 2 heterocycles. The third-order valence-corrected chi connectivity index (χ3v) is 5.00. The van der Waals surface area contributed by atoms with Crippen LogP contribution in [0.25, 0.3) is 10.8 Å². The number of likely N-dealkylation sites (tertiary alicyclic amines) is 1. The lowest BCUT2D eigenvalue weighted by molar-refractivity contribution is 0.186. The van der Waals surface area contributed by atoms with Crippen LogP contribution >= 0.6 is 0 Å². The summed E-state index contributed by atoms with van der Waals surface area (Å²) >= 11 is 0. The summed E-state index contributed by atoms with van der Waals surface area (Å²) in [6.07, 6.45) is 7.41. The molecule has 1 aliphatic rings. The number of phenolic OH excluding ortho intramolecular Hbond substituents is 1. The normalized spacial score (nSPS) is 17.0. The van der Waals surface area contributed by atoms with Crippen molar-refractivity contribution in [1.82, 2.24) is 9.88 Å². The first kappa shape index (κ1) is 15.2. The van der Waals surface area contributed by atoms with Crippen LogP contribution in [0.4, 0.5) is 0 Å². The fourth-order valence-corrected chi connectivity index (χ4v) is 3.85. The Morgan fingerprint density at radius 1 is 0.875 bits per heavy atom. The molecule has 24 heavy (non-hydrogen) atoms. The van der Waals surface area contributed by atoms with Gasteiger partial charge in [0.15, 0.2) is 0 Å². The fourth-order valence-electron chi connectivity index (χ4n) is 3.85. The van der Waals surface area contributed by atoms with Gasteiger partial charge in [-0.15, -0.1) is 0 Å². The summed E-state index contributed by atoms with van der Waals surface area (Å²) in [4.78, 5) is 6.67. The van der Waals surface area contributed by atoms with Crippen molar-refractivity contribution >= 4 is 10.8 Å². The molecule has 3 heteroatoms. The molecule has 3 nitrogen and oxygen atoms in total. The van der Waals surface area contributed by atoms with E-state index in [-0.39, 0.29) is 6.04 Å². The molecule has 1 aliphatic heterocycles. The summed E-state index contributed by atoms with van der Waals surface area (Å²) in [5.74, 6) is 0.376. The lowest BCUT2D eigenvalue weighted by Gasteiger charge is -2.36. The van der Waals surface area contributed by atoms with Crippen LogP contribution in [0.1, 0.15) is 36.4 Å². The number of piperidine rings is 1. The summed E-state index contributed by atoms with van der Waals surface area (Å²) in [6.45, 7) is 2.13. The van der Waals surface area contributed by atoms with E-state index in [9.17, 15) is 5.11 Å². The van der Waals surface area contributed by atoms with Crippen molar-refractivity contribution in [3.8, 4) is 5.75 Å². The molecule has 2 aromatic carbocycles. The highest BCUT2D eigenvalue weighted by Crippen LogP contribution is 2.40. The van der Waals surface area contributed by atoms with E-state index in [4.69, 9.17) is 0 Å². The van der Waals surface area contributed by atoms with E-state index in [0.717, 1.165) is 24.0 Å². The van der Waals surface area contributed by atoms with E-state index >= 15 is 0 Å². The Balaban J connectivity index is 1.92. The minimum Gasteiger partial charge on any atom is -0.508 e. The minimum absolute atomic E-state index is 0.0689. The number of hydrogen-bond acceptors (Lipinski definition) is 3. The second-order valence-electron chi connectivity index (χ2n) is 6.50. The average Bonchev–Trinajstić information content (AvgIpc) is 2.66. The number of pyridine rings is 1. The van der Waals surface area contributed by atoms with Gasteiger partial charge in [0.05, 0.1) is 6.04 Å². The molecule has 1 saturated heterocycles. The molecule has 0 bridgehead atoms. The zero-order valence-corrected chi connectivity index (χ0v) is 13.7.